The monoisotopic (exact) mass is 358 g/mol. The maximum absolute atomic E-state index is 12.2. The Kier molecular flexibility index (Phi) is 5.82. The highest BCUT2D eigenvalue weighted by Gasteiger charge is 2.23. The molecule has 140 valence electrons. The number of carbonyl (C=O) groups excluding carboxylic acids is 1. The van der Waals surface area contributed by atoms with Gasteiger partial charge in [-0.3, -0.25) is 4.79 Å². The summed E-state index contributed by atoms with van der Waals surface area (Å²) < 4.78 is 4.99. The average molecular weight is 358 g/mol. The highest BCUT2D eigenvalue weighted by atomic mass is 16.5. The summed E-state index contributed by atoms with van der Waals surface area (Å²) in [5, 5.41) is 3.47. The van der Waals surface area contributed by atoms with Crippen molar-refractivity contribution in [1.29, 1.82) is 0 Å². The molecule has 0 bridgehead atoms. The smallest absolute Gasteiger partial charge is 0.248 e. The molecule has 3 heterocycles. The van der Waals surface area contributed by atoms with E-state index in [1.54, 1.807) is 13.3 Å². The van der Waals surface area contributed by atoms with Gasteiger partial charge in [0.2, 0.25) is 5.91 Å². The SMILES string of the molecule is CCc1nc2c(c(N[C@@H](C)c3ncc[nH]3)n1)CCN(C(=O)COC)CC2. The summed E-state index contributed by atoms with van der Waals surface area (Å²) in [4.78, 5) is 30.9. The van der Waals surface area contributed by atoms with E-state index in [9.17, 15) is 4.79 Å². The number of ether oxygens (including phenoxy) is 1. The molecule has 2 aromatic heterocycles. The molecule has 0 saturated carbocycles. The zero-order valence-electron chi connectivity index (χ0n) is 15.6. The van der Waals surface area contributed by atoms with Gasteiger partial charge in [0, 0.05) is 51.0 Å². The zero-order chi connectivity index (χ0) is 18.5. The van der Waals surface area contributed by atoms with Crippen LogP contribution in [0.2, 0.25) is 0 Å². The van der Waals surface area contributed by atoms with Crippen molar-refractivity contribution >= 4 is 11.7 Å². The van der Waals surface area contributed by atoms with E-state index in [1.807, 2.05) is 24.9 Å². The molecule has 8 nitrogen and oxygen atoms in total. The third-order valence-electron chi connectivity index (χ3n) is 4.61. The Morgan fingerprint density at radius 3 is 2.88 bits per heavy atom. The Bertz CT molecular complexity index is 746. The summed E-state index contributed by atoms with van der Waals surface area (Å²) in [6, 6.07) is 0.00295. The number of hydrogen-bond acceptors (Lipinski definition) is 6. The lowest BCUT2D eigenvalue weighted by atomic mass is 10.1. The molecule has 3 rings (SSSR count). The second-order valence-corrected chi connectivity index (χ2v) is 6.42. The summed E-state index contributed by atoms with van der Waals surface area (Å²) in [6.45, 7) is 5.51. The normalized spacial score (nSPS) is 15.3. The van der Waals surface area contributed by atoms with Crippen LogP contribution in [0, 0.1) is 0 Å². The fourth-order valence-corrected chi connectivity index (χ4v) is 3.18. The molecule has 0 spiro atoms. The Morgan fingerprint density at radius 2 is 2.19 bits per heavy atom. The number of aromatic nitrogens is 4. The van der Waals surface area contributed by atoms with Crippen molar-refractivity contribution in [1.82, 2.24) is 24.8 Å². The molecule has 1 aliphatic rings. The minimum Gasteiger partial charge on any atom is -0.375 e. The predicted molar refractivity (Wildman–Crippen MR) is 97.9 cm³/mol. The van der Waals surface area contributed by atoms with Crippen LogP contribution in [0.5, 0.6) is 0 Å². The van der Waals surface area contributed by atoms with Crippen molar-refractivity contribution in [2.45, 2.75) is 39.2 Å². The number of nitrogens with zero attached hydrogens (tertiary/aromatic N) is 4. The first-order valence-corrected chi connectivity index (χ1v) is 9.03. The quantitative estimate of drug-likeness (QED) is 0.813. The van der Waals surface area contributed by atoms with E-state index in [-0.39, 0.29) is 18.6 Å². The third-order valence-corrected chi connectivity index (χ3v) is 4.61. The molecule has 0 saturated heterocycles. The first-order valence-electron chi connectivity index (χ1n) is 9.03. The number of aryl methyl sites for hydroxylation is 1. The number of anilines is 1. The van der Waals surface area contributed by atoms with Crippen LogP contribution >= 0.6 is 0 Å². The van der Waals surface area contributed by atoms with E-state index in [4.69, 9.17) is 14.7 Å². The van der Waals surface area contributed by atoms with Crippen molar-refractivity contribution < 1.29 is 9.53 Å². The fourth-order valence-electron chi connectivity index (χ4n) is 3.18. The van der Waals surface area contributed by atoms with Crippen LogP contribution < -0.4 is 5.32 Å². The first kappa shape index (κ1) is 18.3. The molecule has 2 aromatic rings. The number of methoxy groups -OCH3 is 1. The summed E-state index contributed by atoms with van der Waals surface area (Å²) in [7, 11) is 1.54. The molecule has 1 amide bonds. The first-order chi connectivity index (χ1) is 12.6. The molecule has 1 aliphatic heterocycles. The van der Waals surface area contributed by atoms with Crippen molar-refractivity contribution in [3.8, 4) is 0 Å². The molecule has 0 aliphatic carbocycles. The number of hydrogen-bond donors (Lipinski definition) is 2. The Balaban J connectivity index is 1.84. The molecular formula is C18H26N6O2. The largest absolute Gasteiger partial charge is 0.375 e. The Labute approximate surface area is 153 Å². The molecule has 26 heavy (non-hydrogen) atoms. The van der Waals surface area contributed by atoms with Crippen LogP contribution in [-0.2, 0) is 28.8 Å². The molecule has 0 radical (unpaired) electrons. The molecule has 2 N–H and O–H groups in total. The maximum atomic E-state index is 12.2. The number of nitrogens with one attached hydrogen (secondary N) is 2. The summed E-state index contributed by atoms with van der Waals surface area (Å²) in [6.07, 6.45) is 5.77. The minimum absolute atomic E-state index is 0.00295. The molecule has 0 aromatic carbocycles. The van der Waals surface area contributed by atoms with Crippen molar-refractivity contribution in [3.63, 3.8) is 0 Å². The summed E-state index contributed by atoms with van der Waals surface area (Å²) in [5.74, 6) is 2.54. The van der Waals surface area contributed by atoms with Gasteiger partial charge in [-0.05, 0) is 13.3 Å². The van der Waals surface area contributed by atoms with Gasteiger partial charge in [-0.15, -0.1) is 0 Å². The van der Waals surface area contributed by atoms with Crippen LogP contribution in [0.25, 0.3) is 0 Å². The molecule has 1 atom stereocenters. The fraction of sp³-hybridized carbons (Fsp3) is 0.556. The van der Waals surface area contributed by atoms with Gasteiger partial charge in [-0.1, -0.05) is 6.92 Å². The van der Waals surface area contributed by atoms with E-state index in [2.05, 4.69) is 15.3 Å². The second-order valence-electron chi connectivity index (χ2n) is 6.42. The number of carbonyl (C=O) groups is 1. The minimum atomic E-state index is 0.00295. The Hall–Kier alpha value is -2.48. The van der Waals surface area contributed by atoms with Crippen molar-refractivity contribution in [3.05, 3.63) is 35.3 Å². The van der Waals surface area contributed by atoms with E-state index < -0.39 is 0 Å². The van der Waals surface area contributed by atoms with E-state index in [0.29, 0.717) is 13.1 Å². The van der Waals surface area contributed by atoms with Gasteiger partial charge >= 0.3 is 0 Å². The standard InChI is InChI=1S/C18H26N6O2/c1-4-15-22-14-6-10-24(16(25)11-26-3)9-5-13(14)18(23-15)21-12(2)17-19-7-8-20-17/h7-8,12H,4-6,9-11H2,1-3H3,(H,19,20)(H,21,22,23)/t12-/m0/s1. The number of aromatic amines is 1. The van der Waals surface area contributed by atoms with Crippen LogP contribution in [0.15, 0.2) is 12.4 Å². The Morgan fingerprint density at radius 1 is 1.38 bits per heavy atom. The van der Waals surface area contributed by atoms with E-state index >= 15 is 0 Å². The highest BCUT2D eigenvalue weighted by molar-refractivity contribution is 5.77. The topological polar surface area (TPSA) is 96.0 Å². The molecule has 0 unspecified atom stereocenters. The van der Waals surface area contributed by atoms with Gasteiger partial charge in [0.15, 0.2) is 0 Å². The summed E-state index contributed by atoms with van der Waals surface area (Å²) >= 11 is 0. The second kappa shape index (κ2) is 8.27. The number of rotatable bonds is 6. The average Bonchev–Trinajstić information content (AvgIpc) is 3.09. The zero-order valence-corrected chi connectivity index (χ0v) is 15.6. The van der Waals surface area contributed by atoms with Crippen LogP contribution in [0.3, 0.4) is 0 Å². The lowest BCUT2D eigenvalue weighted by molar-refractivity contribution is -0.135. The van der Waals surface area contributed by atoms with E-state index in [1.165, 1.54) is 0 Å². The van der Waals surface area contributed by atoms with Gasteiger partial charge in [0.1, 0.15) is 24.1 Å². The van der Waals surface area contributed by atoms with Gasteiger partial charge in [-0.2, -0.15) is 0 Å². The van der Waals surface area contributed by atoms with E-state index in [0.717, 1.165) is 48.0 Å². The number of H-pyrrole nitrogens is 1. The van der Waals surface area contributed by atoms with Crippen molar-refractivity contribution in [2.75, 3.05) is 32.1 Å². The number of amides is 1. The van der Waals surface area contributed by atoms with Crippen molar-refractivity contribution in [2.24, 2.45) is 0 Å². The molecule has 0 fully saturated rings. The lowest BCUT2D eigenvalue weighted by Gasteiger charge is -2.19. The summed E-state index contributed by atoms with van der Waals surface area (Å²) in [5.41, 5.74) is 2.12. The van der Waals surface area contributed by atoms with Gasteiger partial charge in [-0.25, -0.2) is 15.0 Å². The molecular weight excluding hydrogens is 332 g/mol. The van der Waals surface area contributed by atoms with Crippen LogP contribution in [-0.4, -0.2) is 57.5 Å². The van der Waals surface area contributed by atoms with Crippen LogP contribution in [0.1, 0.15) is 42.8 Å². The maximum Gasteiger partial charge on any atom is 0.248 e. The highest BCUT2D eigenvalue weighted by Crippen LogP contribution is 2.25. The number of imidazole rings is 1. The van der Waals surface area contributed by atoms with Gasteiger partial charge in [0.25, 0.3) is 0 Å². The number of fused-ring (bicyclic) bond motifs is 1. The third kappa shape index (κ3) is 4.01. The predicted octanol–water partition coefficient (Wildman–Crippen LogP) is 1.51. The van der Waals surface area contributed by atoms with Gasteiger partial charge in [0.05, 0.1) is 11.7 Å². The van der Waals surface area contributed by atoms with Crippen LogP contribution in [0.4, 0.5) is 5.82 Å². The lowest BCUT2D eigenvalue weighted by Crippen LogP contribution is -2.35. The van der Waals surface area contributed by atoms with Gasteiger partial charge < -0.3 is 19.9 Å². The molecule has 8 heteroatoms.